The molecule has 0 aliphatic heterocycles. The molecule has 0 saturated heterocycles. The Hall–Kier alpha value is -1.94. The van der Waals surface area contributed by atoms with Crippen molar-refractivity contribution in [3.8, 4) is 5.75 Å². The van der Waals surface area contributed by atoms with Crippen molar-refractivity contribution in [2.45, 2.75) is 39.3 Å². The summed E-state index contributed by atoms with van der Waals surface area (Å²) < 4.78 is 7.82. The summed E-state index contributed by atoms with van der Waals surface area (Å²) >= 11 is 5.81. The summed E-state index contributed by atoms with van der Waals surface area (Å²) in [5.74, 6) is 0.507. The molecule has 1 aliphatic carbocycles. The minimum absolute atomic E-state index is 0.00297. The van der Waals surface area contributed by atoms with Crippen molar-refractivity contribution < 1.29 is 9.53 Å². The van der Waals surface area contributed by atoms with Gasteiger partial charge < -0.3 is 14.6 Å². The minimum atomic E-state index is -0.129. The second-order valence-electron chi connectivity index (χ2n) is 6.02. The Bertz CT molecular complexity index is 703. The average molecular weight is 333 g/mol. The molecule has 3 rings (SSSR count). The standard InChI is InChI=1S/C18H21ClN2O2/c1-12-9-14(13(2)21(12)16-5-6-16)10-20-18(22)11-23-17-7-3-15(19)4-8-17/h3-4,7-9,16H,5-6,10-11H2,1-2H3,(H,20,22). The normalized spacial score (nSPS) is 13.9. The quantitative estimate of drug-likeness (QED) is 0.874. The number of carbonyl (C=O) groups is 1. The van der Waals surface area contributed by atoms with E-state index in [2.05, 4.69) is 29.8 Å². The van der Waals surface area contributed by atoms with Gasteiger partial charge in [0, 0.05) is 29.0 Å². The number of nitrogens with zero attached hydrogens (tertiary/aromatic N) is 1. The third-order valence-electron chi connectivity index (χ3n) is 4.16. The molecule has 2 aromatic rings. The Morgan fingerprint density at radius 2 is 2.00 bits per heavy atom. The van der Waals surface area contributed by atoms with Crippen LogP contribution in [0.5, 0.6) is 5.75 Å². The molecule has 1 N–H and O–H groups in total. The van der Waals surface area contributed by atoms with Gasteiger partial charge >= 0.3 is 0 Å². The lowest BCUT2D eigenvalue weighted by atomic mass is 10.2. The zero-order chi connectivity index (χ0) is 16.4. The van der Waals surface area contributed by atoms with Gasteiger partial charge in [-0.2, -0.15) is 0 Å². The van der Waals surface area contributed by atoms with Gasteiger partial charge in [-0.3, -0.25) is 4.79 Å². The van der Waals surface area contributed by atoms with Gasteiger partial charge in [0.1, 0.15) is 5.75 Å². The van der Waals surface area contributed by atoms with E-state index >= 15 is 0 Å². The first-order valence-electron chi connectivity index (χ1n) is 7.87. The highest BCUT2D eigenvalue weighted by Gasteiger charge is 2.26. The highest BCUT2D eigenvalue weighted by Crippen LogP contribution is 2.38. The van der Waals surface area contributed by atoms with Crippen molar-refractivity contribution in [3.05, 3.63) is 52.3 Å². The SMILES string of the molecule is Cc1cc(CNC(=O)COc2ccc(Cl)cc2)c(C)n1C1CC1. The number of aromatic nitrogens is 1. The number of hydrogen-bond acceptors (Lipinski definition) is 2. The number of ether oxygens (including phenoxy) is 1. The highest BCUT2D eigenvalue weighted by atomic mass is 35.5. The highest BCUT2D eigenvalue weighted by molar-refractivity contribution is 6.30. The number of benzene rings is 1. The largest absolute Gasteiger partial charge is 0.484 e. The van der Waals surface area contributed by atoms with Crippen LogP contribution in [0.15, 0.2) is 30.3 Å². The molecule has 0 unspecified atom stereocenters. The fourth-order valence-corrected chi connectivity index (χ4v) is 2.97. The van der Waals surface area contributed by atoms with Crippen LogP contribution >= 0.6 is 11.6 Å². The molecule has 122 valence electrons. The van der Waals surface area contributed by atoms with E-state index in [0.29, 0.717) is 23.4 Å². The molecule has 4 nitrogen and oxygen atoms in total. The van der Waals surface area contributed by atoms with Crippen LogP contribution in [0.3, 0.4) is 0 Å². The Balaban J connectivity index is 1.51. The smallest absolute Gasteiger partial charge is 0.258 e. The van der Waals surface area contributed by atoms with Crippen LogP contribution in [0.25, 0.3) is 0 Å². The van der Waals surface area contributed by atoms with Crippen molar-refractivity contribution in [3.63, 3.8) is 0 Å². The van der Waals surface area contributed by atoms with Crippen molar-refractivity contribution in [1.29, 1.82) is 0 Å². The van der Waals surface area contributed by atoms with Crippen molar-refractivity contribution in [1.82, 2.24) is 9.88 Å². The Morgan fingerprint density at radius 3 is 2.65 bits per heavy atom. The summed E-state index contributed by atoms with van der Waals surface area (Å²) in [6, 6.07) is 9.79. The molecular formula is C18H21ClN2O2. The third-order valence-corrected chi connectivity index (χ3v) is 4.41. The predicted molar refractivity (Wildman–Crippen MR) is 91.0 cm³/mol. The maximum atomic E-state index is 11.9. The summed E-state index contributed by atoms with van der Waals surface area (Å²) in [7, 11) is 0. The summed E-state index contributed by atoms with van der Waals surface area (Å²) in [4.78, 5) is 11.9. The summed E-state index contributed by atoms with van der Waals surface area (Å²) in [6.45, 7) is 4.79. The fourth-order valence-electron chi connectivity index (χ4n) is 2.84. The average Bonchev–Trinajstić information content (AvgIpc) is 3.31. The molecule has 23 heavy (non-hydrogen) atoms. The lowest BCUT2D eigenvalue weighted by molar-refractivity contribution is -0.123. The lowest BCUT2D eigenvalue weighted by Crippen LogP contribution is -2.28. The van der Waals surface area contributed by atoms with E-state index in [-0.39, 0.29) is 12.5 Å². The number of rotatable bonds is 6. The van der Waals surface area contributed by atoms with Crippen LogP contribution in [0.2, 0.25) is 5.02 Å². The van der Waals surface area contributed by atoms with E-state index in [1.165, 1.54) is 29.8 Å². The first-order valence-corrected chi connectivity index (χ1v) is 8.25. The lowest BCUT2D eigenvalue weighted by Gasteiger charge is -2.09. The zero-order valence-electron chi connectivity index (χ0n) is 13.4. The number of nitrogens with one attached hydrogen (secondary N) is 1. The Kier molecular flexibility index (Phi) is 4.62. The van der Waals surface area contributed by atoms with Gasteiger partial charge in [-0.05, 0) is 62.6 Å². The Labute approximate surface area is 141 Å². The monoisotopic (exact) mass is 332 g/mol. The zero-order valence-corrected chi connectivity index (χ0v) is 14.2. The molecule has 1 amide bonds. The first kappa shape index (κ1) is 15.9. The van der Waals surface area contributed by atoms with Crippen LogP contribution in [-0.2, 0) is 11.3 Å². The van der Waals surface area contributed by atoms with Crippen LogP contribution in [0.4, 0.5) is 0 Å². The number of hydrogen-bond donors (Lipinski definition) is 1. The van der Waals surface area contributed by atoms with E-state index in [4.69, 9.17) is 16.3 Å². The predicted octanol–water partition coefficient (Wildman–Crippen LogP) is 3.79. The van der Waals surface area contributed by atoms with E-state index in [1.54, 1.807) is 24.3 Å². The molecule has 1 fully saturated rings. The maximum absolute atomic E-state index is 11.9. The Morgan fingerprint density at radius 1 is 1.30 bits per heavy atom. The molecule has 0 bridgehead atoms. The molecule has 1 heterocycles. The topological polar surface area (TPSA) is 43.3 Å². The molecule has 1 aromatic heterocycles. The van der Waals surface area contributed by atoms with Crippen LogP contribution in [-0.4, -0.2) is 17.1 Å². The van der Waals surface area contributed by atoms with Gasteiger partial charge in [-0.25, -0.2) is 0 Å². The van der Waals surface area contributed by atoms with Crippen molar-refractivity contribution in [2.24, 2.45) is 0 Å². The van der Waals surface area contributed by atoms with E-state index in [0.717, 1.165) is 0 Å². The van der Waals surface area contributed by atoms with Crippen LogP contribution in [0.1, 0.15) is 35.8 Å². The van der Waals surface area contributed by atoms with Gasteiger partial charge in [0.25, 0.3) is 5.91 Å². The molecule has 1 saturated carbocycles. The second kappa shape index (κ2) is 6.67. The van der Waals surface area contributed by atoms with E-state index in [9.17, 15) is 4.79 Å². The molecule has 1 aliphatic rings. The summed E-state index contributed by atoms with van der Waals surface area (Å²) in [5, 5.41) is 3.56. The number of aryl methyl sites for hydroxylation is 1. The summed E-state index contributed by atoms with van der Waals surface area (Å²) in [6.07, 6.45) is 2.52. The molecule has 0 atom stereocenters. The molecule has 0 radical (unpaired) electrons. The van der Waals surface area contributed by atoms with Crippen molar-refractivity contribution in [2.75, 3.05) is 6.61 Å². The number of carbonyl (C=O) groups excluding carboxylic acids is 1. The van der Waals surface area contributed by atoms with E-state index in [1.807, 2.05) is 0 Å². The van der Waals surface area contributed by atoms with Gasteiger partial charge in [0.05, 0.1) is 0 Å². The van der Waals surface area contributed by atoms with Crippen molar-refractivity contribution >= 4 is 17.5 Å². The second-order valence-corrected chi connectivity index (χ2v) is 6.45. The number of halogens is 1. The minimum Gasteiger partial charge on any atom is -0.484 e. The molecular weight excluding hydrogens is 312 g/mol. The maximum Gasteiger partial charge on any atom is 0.258 e. The molecule has 1 aromatic carbocycles. The summed E-state index contributed by atoms with van der Waals surface area (Å²) in [5.41, 5.74) is 3.70. The number of amides is 1. The van der Waals surface area contributed by atoms with Gasteiger partial charge in [0.2, 0.25) is 0 Å². The molecule has 5 heteroatoms. The van der Waals surface area contributed by atoms with E-state index < -0.39 is 0 Å². The van der Waals surface area contributed by atoms with Crippen LogP contribution < -0.4 is 10.1 Å². The van der Waals surface area contributed by atoms with Gasteiger partial charge in [-0.15, -0.1) is 0 Å². The fraction of sp³-hybridized carbons (Fsp3) is 0.389. The molecule has 0 spiro atoms. The van der Waals surface area contributed by atoms with Gasteiger partial charge in [0.15, 0.2) is 6.61 Å². The van der Waals surface area contributed by atoms with Crippen LogP contribution in [0, 0.1) is 13.8 Å². The van der Waals surface area contributed by atoms with Gasteiger partial charge in [-0.1, -0.05) is 11.6 Å². The third kappa shape index (κ3) is 3.88. The first-order chi connectivity index (χ1) is 11.0.